The Morgan fingerprint density at radius 2 is 1.80 bits per heavy atom. The first-order valence-electron chi connectivity index (χ1n) is 13.9. The Kier molecular flexibility index (Phi) is 6.12. The molecule has 3 aromatic heterocycles. The van der Waals surface area contributed by atoms with Crippen molar-refractivity contribution in [3.05, 3.63) is 78.4 Å². The number of aromatic nitrogens is 4. The first-order valence-corrected chi connectivity index (χ1v) is 13.9. The molecule has 0 aliphatic carbocycles. The first kappa shape index (κ1) is 26.0. The number of fused-ring (bicyclic) bond motifs is 2. The zero-order chi connectivity index (χ0) is 28.2. The Morgan fingerprint density at radius 1 is 1.00 bits per heavy atom. The minimum atomic E-state index is -0.134. The lowest BCUT2D eigenvalue weighted by Gasteiger charge is -2.56. The number of hydrogen-bond acceptors (Lipinski definition) is 6. The molecular weight excluding hydrogens is 494 g/mol. The Bertz CT molecular complexity index is 1790. The molecule has 6 rings (SSSR count). The second-order valence-corrected chi connectivity index (χ2v) is 12.0. The number of anilines is 1. The number of aryl methyl sites for hydroxylation is 1. The van der Waals surface area contributed by atoms with Crippen molar-refractivity contribution in [1.82, 2.24) is 24.8 Å². The number of piperidine rings is 1. The lowest BCUT2D eigenvalue weighted by molar-refractivity contribution is -0.0515. The number of pyridine rings is 2. The molecule has 1 saturated heterocycles. The summed E-state index contributed by atoms with van der Waals surface area (Å²) in [6.45, 7) is 14.4. The van der Waals surface area contributed by atoms with Crippen LogP contribution in [0.4, 0.5) is 5.69 Å². The van der Waals surface area contributed by atoms with Crippen molar-refractivity contribution in [1.29, 1.82) is 5.26 Å². The average molecular weight is 530 g/mol. The largest absolute Gasteiger partial charge is 0.316 e. The highest BCUT2D eigenvalue weighted by atomic mass is 15.5. The predicted molar refractivity (Wildman–Crippen MR) is 161 cm³/mol. The summed E-state index contributed by atoms with van der Waals surface area (Å²) < 4.78 is 1.93. The maximum absolute atomic E-state index is 9.90. The highest BCUT2D eigenvalue weighted by Crippen LogP contribution is 2.47. The zero-order valence-electron chi connectivity index (χ0n) is 24.0. The fourth-order valence-electron chi connectivity index (χ4n) is 6.01. The third-order valence-corrected chi connectivity index (χ3v) is 9.53. The molecule has 7 heteroatoms. The quantitative estimate of drug-likeness (QED) is 0.263. The topological polar surface area (TPSA) is 82.7 Å². The maximum atomic E-state index is 9.90. The molecule has 1 atom stereocenters. The van der Waals surface area contributed by atoms with Gasteiger partial charge in [-0.05, 0) is 68.4 Å². The van der Waals surface area contributed by atoms with Gasteiger partial charge in [-0.2, -0.15) is 10.4 Å². The van der Waals surface area contributed by atoms with Gasteiger partial charge in [0.25, 0.3) is 0 Å². The van der Waals surface area contributed by atoms with Crippen LogP contribution in [0.3, 0.4) is 0 Å². The molecule has 1 aliphatic rings. The number of rotatable bonds is 4. The molecule has 0 saturated carbocycles. The van der Waals surface area contributed by atoms with Gasteiger partial charge >= 0.3 is 0 Å². The number of hydrogen-bond donors (Lipinski definition) is 1. The van der Waals surface area contributed by atoms with Gasteiger partial charge in [-0.25, -0.2) is 14.7 Å². The molecule has 0 spiro atoms. The van der Waals surface area contributed by atoms with Gasteiger partial charge in [-0.1, -0.05) is 51.1 Å². The van der Waals surface area contributed by atoms with Crippen LogP contribution in [0, 0.1) is 29.6 Å². The number of benzene rings is 2. The van der Waals surface area contributed by atoms with Crippen LogP contribution < -0.4 is 5.43 Å². The van der Waals surface area contributed by atoms with Crippen LogP contribution in [0.1, 0.15) is 52.4 Å². The van der Waals surface area contributed by atoms with Crippen LogP contribution >= 0.6 is 0 Å². The summed E-state index contributed by atoms with van der Waals surface area (Å²) in [5.74, 6) is 0.589. The lowest BCUT2D eigenvalue weighted by atomic mass is 9.63. The second kappa shape index (κ2) is 9.42. The van der Waals surface area contributed by atoms with Crippen LogP contribution in [-0.4, -0.2) is 36.8 Å². The van der Waals surface area contributed by atoms with Gasteiger partial charge in [0.2, 0.25) is 0 Å². The molecule has 0 radical (unpaired) electrons. The van der Waals surface area contributed by atoms with Gasteiger partial charge in [0.05, 0.1) is 34.3 Å². The van der Waals surface area contributed by atoms with E-state index < -0.39 is 0 Å². The first-order chi connectivity index (χ1) is 19.1. The van der Waals surface area contributed by atoms with Gasteiger partial charge in [0.1, 0.15) is 6.07 Å². The Morgan fingerprint density at radius 3 is 2.60 bits per heavy atom. The Hall–Kier alpha value is -4.28. The van der Waals surface area contributed by atoms with E-state index in [4.69, 9.17) is 10.1 Å². The van der Waals surface area contributed by atoms with E-state index in [1.807, 2.05) is 42.1 Å². The van der Waals surface area contributed by atoms with E-state index in [0.717, 1.165) is 57.3 Å². The van der Waals surface area contributed by atoms with Gasteiger partial charge in [-0.3, -0.25) is 4.98 Å². The summed E-state index contributed by atoms with van der Waals surface area (Å²) in [4.78, 5) is 9.24. The molecule has 2 aromatic carbocycles. The van der Waals surface area contributed by atoms with E-state index in [-0.39, 0.29) is 11.0 Å². The second-order valence-electron chi connectivity index (χ2n) is 12.0. The van der Waals surface area contributed by atoms with Crippen LogP contribution in [0.2, 0.25) is 0 Å². The Balaban J connectivity index is 1.43. The molecule has 40 heavy (non-hydrogen) atoms. The lowest BCUT2D eigenvalue weighted by Crippen LogP contribution is -2.62. The minimum absolute atomic E-state index is 0.0828. The van der Waals surface area contributed by atoms with E-state index in [1.165, 1.54) is 0 Å². The Labute approximate surface area is 235 Å². The summed E-state index contributed by atoms with van der Waals surface area (Å²) in [7, 11) is 0. The van der Waals surface area contributed by atoms with Crippen molar-refractivity contribution in [2.45, 2.75) is 53.5 Å². The normalized spacial score (nSPS) is 18.6. The van der Waals surface area contributed by atoms with E-state index >= 15 is 0 Å². The van der Waals surface area contributed by atoms with E-state index in [1.54, 1.807) is 6.20 Å². The molecule has 1 fully saturated rings. The van der Waals surface area contributed by atoms with Crippen molar-refractivity contribution in [3.8, 4) is 22.9 Å². The number of nitrogens with zero attached hydrogens (tertiary/aromatic N) is 6. The van der Waals surface area contributed by atoms with Crippen LogP contribution in [-0.2, 0) is 0 Å². The number of hydrazine groups is 1. The SMILES string of the molecule is Cc1nn(-c2cnc(C#N)c(NN3CCC(C)C(C)(C)C3(C)C)c2)c2cccc(-c3cnc4ccccc4c3)c12. The summed E-state index contributed by atoms with van der Waals surface area (Å²) >= 11 is 0. The molecule has 1 unspecified atom stereocenters. The third kappa shape index (κ3) is 4.02. The molecule has 0 amide bonds. The monoisotopic (exact) mass is 529 g/mol. The van der Waals surface area contributed by atoms with E-state index in [2.05, 4.69) is 86.4 Å². The highest BCUT2D eigenvalue weighted by Gasteiger charge is 2.48. The number of nitriles is 1. The third-order valence-electron chi connectivity index (χ3n) is 9.53. The molecule has 0 bridgehead atoms. The van der Waals surface area contributed by atoms with Gasteiger partial charge in [-0.15, -0.1) is 0 Å². The predicted octanol–water partition coefficient (Wildman–Crippen LogP) is 7.29. The maximum Gasteiger partial charge on any atom is 0.165 e. The standard InChI is InChI=1S/C33H35N7/c1-21-14-15-39(33(5,6)32(21,3)4)38-28-17-25(20-36-29(28)18-34)40-30-13-9-11-26(31(30)22(2)37-40)24-16-23-10-7-8-12-27(23)35-19-24/h7-13,16-17,19-21,38H,14-15H2,1-6H3. The van der Waals surface area contributed by atoms with Crippen LogP contribution in [0.25, 0.3) is 38.6 Å². The fourth-order valence-corrected chi connectivity index (χ4v) is 6.01. The fraction of sp³-hybridized carbons (Fsp3) is 0.333. The molecule has 4 heterocycles. The number of para-hydroxylation sites is 1. The molecular formula is C33H35N7. The molecule has 7 nitrogen and oxygen atoms in total. The molecule has 5 aromatic rings. The van der Waals surface area contributed by atoms with Crippen molar-refractivity contribution in [2.24, 2.45) is 11.3 Å². The summed E-state index contributed by atoms with van der Waals surface area (Å²) in [5.41, 5.74) is 10.4. The van der Waals surface area contributed by atoms with E-state index in [9.17, 15) is 5.26 Å². The van der Waals surface area contributed by atoms with Crippen molar-refractivity contribution in [2.75, 3.05) is 12.0 Å². The summed E-state index contributed by atoms with van der Waals surface area (Å²) in [6.07, 6.45) is 4.74. The van der Waals surface area contributed by atoms with Crippen LogP contribution in [0.15, 0.2) is 67.0 Å². The summed E-state index contributed by atoms with van der Waals surface area (Å²) in [5, 5.41) is 19.3. The van der Waals surface area contributed by atoms with Gasteiger partial charge < -0.3 is 5.43 Å². The smallest absolute Gasteiger partial charge is 0.165 e. The van der Waals surface area contributed by atoms with Crippen molar-refractivity contribution in [3.63, 3.8) is 0 Å². The number of nitrogens with one attached hydrogen (secondary N) is 1. The molecule has 1 N–H and O–H groups in total. The van der Waals surface area contributed by atoms with Crippen molar-refractivity contribution < 1.29 is 0 Å². The van der Waals surface area contributed by atoms with Gasteiger partial charge in [0.15, 0.2) is 5.69 Å². The minimum Gasteiger partial charge on any atom is -0.316 e. The van der Waals surface area contributed by atoms with Crippen molar-refractivity contribution >= 4 is 27.5 Å². The van der Waals surface area contributed by atoms with E-state index in [0.29, 0.717) is 17.3 Å². The molecule has 1 aliphatic heterocycles. The zero-order valence-corrected chi connectivity index (χ0v) is 24.0. The summed E-state index contributed by atoms with van der Waals surface area (Å²) in [6, 6.07) is 20.9. The average Bonchev–Trinajstić information content (AvgIpc) is 3.30. The van der Waals surface area contributed by atoms with Gasteiger partial charge in [0, 0.05) is 34.6 Å². The highest BCUT2D eigenvalue weighted by molar-refractivity contribution is 5.99. The molecule has 202 valence electrons. The van der Waals surface area contributed by atoms with Crippen LogP contribution in [0.5, 0.6) is 0 Å².